The zero-order valence-electron chi connectivity index (χ0n) is 9.51. The van der Waals surface area contributed by atoms with Crippen molar-refractivity contribution in [3.63, 3.8) is 0 Å². The summed E-state index contributed by atoms with van der Waals surface area (Å²) in [5.41, 5.74) is 0. The molecule has 13 heavy (non-hydrogen) atoms. The van der Waals surface area contributed by atoms with Crippen LogP contribution in [0.1, 0.15) is 59.3 Å². The van der Waals surface area contributed by atoms with Crippen LogP contribution in [0.25, 0.3) is 0 Å². The van der Waals surface area contributed by atoms with E-state index in [-0.39, 0.29) is 0 Å². The summed E-state index contributed by atoms with van der Waals surface area (Å²) >= 11 is 0. The number of ether oxygens (including phenoxy) is 1. The van der Waals surface area contributed by atoms with Crippen LogP contribution in [0.3, 0.4) is 0 Å². The molecule has 0 aliphatic carbocycles. The van der Waals surface area contributed by atoms with Crippen molar-refractivity contribution < 1.29 is 4.74 Å². The zero-order valence-corrected chi connectivity index (χ0v) is 9.51. The lowest BCUT2D eigenvalue weighted by molar-refractivity contribution is 0.0654. The fourth-order valence-corrected chi connectivity index (χ4v) is 1.32. The Bertz CT molecular complexity index is 81.1. The van der Waals surface area contributed by atoms with Gasteiger partial charge in [-0.05, 0) is 19.3 Å². The van der Waals surface area contributed by atoms with Gasteiger partial charge in [0.25, 0.3) is 0 Å². The van der Waals surface area contributed by atoms with Crippen molar-refractivity contribution in [1.29, 1.82) is 0 Å². The maximum atomic E-state index is 5.72. The first-order chi connectivity index (χ1) is 6.35. The second kappa shape index (κ2) is 10.0. The molecule has 1 atom stereocenters. The van der Waals surface area contributed by atoms with Crippen molar-refractivity contribution in [1.82, 2.24) is 0 Å². The molecule has 1 unspecified atom stereocenters. The molecule has 0 aromatic carbocycles. The molecule has 0 spiro atoms. The van der Waals surface area contributed by atoms with Crippen molar-refractivity contribution in [3.8, 4) is 0 Å². The molecule has 0 rings (SSSR count). The third-order valence-corrected chi connectivity index (χ3v) is 2.29. The number of unbranched alkanes of at least 4 members (excludes halogenated alkanes) is 3. The molecule has 0 fully saturated rings. The smallest absolute Gasteiger partial charge is 0.0604 e. The molecule has 0 aromatic rings. The predicted octanol–water partition coefficient (Wildman–Crippen LogP) is 3.98. The molecule has 0 saturated carbocycles. The highest BCUT2D eigenvalue weighted by molar-refractivity contribution is 4.71. The second-order valence-corrected chi connectivity index (χ2v) is 3.59. The van der Waals surface area contributed by atoms with Gasteiger partial charge < -0.3 is 4.74 Å². The molecule has 0 heterocycles. The molecule has 0 aliphatic heterocycles. The highest BCUT2D eigenvalue weighted by Crippen LogP contribution is 2.09. The Balaban J connectivity index is 3.28. The third-order valence-electron chi connectivity index (χ3n) is 2.29. The molecule has 1 nitrogen and oxygen atoms in total. The molecule has 79 valence electrons. The maximum absolute atomic E-state index is 5.72. The quantitative estimate of drug-likeness (QED) is 0.494. The SMILES string of the molecule is C[CH]C(CCCCC)OCCCC. The van der Waals surface area contributed by atoms with Gasteiger partial charge in [0.1, 0.15) is 0 Å². The minimum absolute atomic E-state index is 0.401. The van der Waals surface area contributed by atoms with Crippen LogP contribution in [0.2, 0.25) is 0 Å². The average molecular weight is 185 g/mol. The lowest BCUT2D eigenvalue weighted by Gasteiger charge is -2.15. The second-order valence-electron chi connectivity index (χ2n) is 3.59. The summed E-state index contributed by atoms with van der Waals surface area (Å²) in [6.07, 6.45) is 10.1. The van der Waals surface area contributed by atoms with E-state index in [2.05, 4.69) is 27.2 Å². The lowest BCUT2D eigenvalue weighted by atomic mass is 10.1. The van der Waals surface area contributed by atoms with E-state index in [1.807, 2.05) is 0 Å². The first-order valence-corrected chi connectivity index (χ1v) is 5.76. The summed E-state index contributed by atoms with van der Waals surface area (Å²) in [5, 5.41) is 0. The molecule has 0 aromatic heterocycles. The lowest BCUT2D eigenvalue weighted by Crippen LogP contribution is -2.13. The standard InChI is InChI=1S/C12H25O/c1-4-7-9-10-12(6-3)13-11-8-5-2/h6,12H,4-5,7-11H2,1-3H3. The van der Waals surface area contributed by atoms with Crippen LogP contribution in [0, 0.1) is 6.42 Å². The van der Waals surface area contributed by atoms with Crippen LogP contribution < -0.4 is 0 Å². The highest BCUT2D eigenvalue weighted by Gasteiger charge is 2.05. The minimum Gasteiger partial charge on any atom is -0.378 e. The van der Waals surface area contributed by atoms with Crippen LogP contribution >= 0.6 is 0 Å². The van der Waals surface area contributed by atoms with Gasteiger partial charge in [0.2, 0.25) is 0 Å². The van der Waals surface area contributed by atoms with E-state index in [1.54, 1.807) is 0 Å². The van der Waals surface area contributed by atoms with E-state index in [1.165, 1.54) is 38.5 Å². The van der Waals surface area contributed by atoms with Crippen molar-refractivity contribution in [2.45, 2.75) is 65.4 Å². The van der Waals surface area contributed by atoms with Gasteiger partial charge in [0.05, 0.1) is 6.10 Å². The third kappa shape index (κ3) is 8.29. The van der Waals surface area contributed by atoms with E-state index in [0.29, 0.717) is 6.10 Å². The Labute approximate surface area is 83.9 Å². The van der Waals surface area contributed by atoms with Crippen LogP contribution in [0.4, 0.5) is 0 Å². The van der Waals surface area contributed by atoms with Gasteiger partial charge in [-0.1, -0.05) is 46.5 Å². The predicted molar refractivity (Wildman–Crippen MR) is 58.8 cm³/mol. The van der Waals surface area contributed by atoms with E-state index >= 15 is 0 Å². The number of rotatable bonds is 9. The Morgan fingerprint density at radius 3 is 2.31 bits per heavy atom. The van der Waals surface area contributed by atoms with E-state index in [0.717, 1.165) is 6.61 Å². The van der Waals surface area contributed by atoms with Crippen LogP contribution in [0.15, 0.2) is 0 Å². The topological polar surface area (TPSA) is 9.23 Å². The highest BCUT2D eigenvalue weighted by atomic mass is 16.5. The monoisotopic (exact) mass is 185 g/mol. The Morgan fingerprint density at radius 1 is 1.08 bits per heavy atom. The van der Waals surface area contributed by atoms with E-state index in [4.69, 9.17) is 4.74 Å². The van der Waals surface area contributed by atoms with Crippen LogP contribution in [-0.2, 0) is 4.74 Å². The van der Waals surface area contributed by atoms with Crippen molar-refractivity contribution in [3.05, 3.63) is 6.42 Å². The molecule has 1 heteroatoms. The molecule has 0 saturated heterocycles. The Morgan fingerprint density at radius 2 is 1.77 bits per heavy atom. The van der Waals surface area contributed by atoms with Crippen molar-refractivity contribution in [2.75, 3.05) is 6.61 Å². The largest absolute Gasteiger partial charge is 0.378 e. The minimum atomic E-state index is 0.401. The number of hydrogen-bond acceptors (Lipinski definition) is 1. The van der Waals surface area contributed by atoms with E-state index in [9.17, 15) is 0 Å². The van der Waals surface area contributed by atoms with Gasteiger partial charge in [0, 0.05) is 6.61 Å². The first kappa shape index (κ1) is 13.0. The van der Waals surface area contributed by atoms with Crippen LogP contribution in [-0.4, -0.2) is 12.7 Å². The summed E-state index contributed by atoms with van der Waals surface area (Å²) in [6, 6.07) is 0. The summed E-state index contributed by atoms with van der Waals surface area (Å²) in [5.74, 6) is 0. The molecule has 0 N–H and O–H groups in total. The van der Waals surface area contributed by atoms with Gasteiger partial charge in [-0.25, -0.2) is 0 Å². The fraction of sp³-hybridized carbons (Fsp3) is 0.917. The van der Waals surface area contributed by atoms with Gasteiger partial charge in [-0.3, -0.25) is 0 Å². The summed E-state index contributed by atoms with van der Waals surface area (Å²) in [4.78, 5) is 0. The van der Waals surface area contributed by atoms with Crippen LogP contribution in [0.5, 0.6) is 0 Å². The molecular formula is C12H25O. The van der Waals surface area contributed by atoms with Gasteiger partial charge >= 0.3 is 0 Å². The normalized spacial score (nSPS) is 13.2. The Hall–Kier alpha value is -0.0400. The molecule has 0 aliphatic rings. The number of hydrogen-bond donors (Lipinski definition) is 0. The summed E-state index contributed by atoms with van der Waals surface area (Å²) in [7, 11) is 0. The average Bonchev–Trinajstić information content (AvgIpc) is 2.16. The first-order valence-electron chi connectivity index (χ1n) is 5.76. The molecule has 0 bridgehead atoms. The summed E-state index contributed by atoms with van der Waals surface area (Å²) < 4.78 is 5.72. The molecule has 1 radical (unpaired) electrons. The van der Waals surface area contributed by atoms with Crippen molar-refractivity contribution >= 4 is 0 Å². The fourth-order valence-electron chi connectivity index (χ4n) is 1.32. The summed E-state index contributed by atoms with van der Waals surface area (Å²) in [6.45, 7) is 7.47. The molecular weight excluding hydrogens is 160 g/mol. The van der Waals surface area contributed by atoms with Gasteiger partial charge in [0.15, 0.2) is 0 Å². The molecule has 0 amide bonds. The van der Waals surface area contributed by atoms with Gasteiger partial charge in [-0.2, -0.15) is 0 Å². The van der Waals surface area contributed by atoms with E-state index < -0.39 is 0 Å². The maximum Gasteiger partial charge on any atom is 0.0604 e. The van der Waals surface area contributed by atoms with Gasteiger partial charge in [-0.15, -0.1) is 0 Å². The Kier molecular flexibility index (Phi) is 10.0. The zero-order chi connectivity index (χ0) is 9.94. The van der Waals surface area contributed by atoms with Crippen molar-refractivity contribution in [2.24, 2.45) is 0 Å².